The Labute approximate surface area is 120 Å². The van der Waals surface area contributed by atoms with Crippen LogP contribution in [0.1, 0.15) is 41.6 Å². The first kappa shape index (κ1) is 15.0. The van der Waals surface area contributed by atoms with Crippen molar-refractivity contribution >= 4 is 15.8 Å². The van der Waals surface area contributed by atoms with Crippen LogP contribution in [0.5, 0.6) is 0 Å². The van der Waals surface area contributed by atoms with Crippen LogP contribution in [0.15, 0.2) is 24.3 Å². The normalized spacial score (nSPS) is 16.2. The highest BCUT2D eigenvalue weighted by Gasteiger charge is 2.22. The third-order valence-corrected chi connectivity index (χ3v) is 5.48. The van der Waals surface area contributed by atoms with E-state index in [-0.39, 0.29) is 11.5 Å². The van der Waals surface area contributed by atoms with Crippen LogP contribution in [0.2, 0.25) is 0 Å². The second-order valence-electron chi connectivity index (χ2n) is 5.39. The molecule has 0 aliphatic heterocycles. The van der Waals surface area contributed by atoms with Gasteiger partial charge >= 0.3 is 5.97 Å². The fraction of sp³-hybridized carbons (Fsp3) is 0.533. The van der Waals surface area contributed by atoms with Crippen molar-refractivity contribution in [3.63, 3.8) is 0 Å². The summed E-state index contributed by atoms with van der Waals surface area (Å²) in [6.07, 6.45) is 4.35. The molecule has 0 bridgehead atoms. The average molecular weight is 296 g/mol. The average Bonchev–Trinajstić information content (AvgIpc) is 2.90. The number of carbonyl (C=O) groups excluding carboxylic acids is 1. The molecule has 2 rings (SSSR count). The molecule has 1 aromatic rings. The number of benzene rings is 1. The van der Waals surface area contributed by atoms with E-state index in [9.17, 15) is 13.2 Å². The second-order valence-corrected chi connectivity index (χ2v) is 7.50. The Hall–Kier alpha value is -1.36. The van der Waals surface area contributed by atoms with Crippen molar-refractivity contribution in [1.82, 2.24) is 0 Å². The maximum Gasteiger partial charge on any atom is 0.337 e. The zero-order valence-electron chi connectivity index (χ0n) is 11.7. The van der Waals surface area contributed by atoms with Crippen LogP contribution in [0, 0.1) is 5.92 Å². The van der Waals surface area contributed by atoms with E-state index in [0.717, 1.165) is 31.2 Å². The van der Waals surface area contributed by atoms with Crippen LogP contribution in [-0.2, 0) is 20.3 Å². The summed E-state index contributed by atoms with van der Waals surface area (Å²) < 4.78 is 28.9. The number of carbonyl (C=O) groups is 1. The summed E-state index contributed by atoms with van der Waals surface area (Å²) in [5.74, 6) is 0.246. The quantitative estimate of drug-likeness (QED) is 0.784. The molecule has 1 aliphatic rings. The number of hydrogen-bond donors (Lipinski definition) is 0. The highest BCUT2D eigenvalue weighted by Crippen LogP contribution is 2.26. The lowest BCUT2D eigenvalue weighted by molar-refractivity contribution is 0.0600. The molecule has 0 N–H and O–H groups in total. The first-order valence-electron chi connectivity index (χ1n) is 6.88. The van der Waals surface area contributed by atoms with Crippen LogP contribution in [0.4, 0.5) is 0 Å². The predicted octanol–water partition coefficient (Wildman–Crippen LogP) is 2.58. The van der Waals surface area contributed by atoms with Crippen LogP contribution < -0.4 is 0 Å². The topological polar surface area (TPSA) is 60.4 Å². The van der Waals surface area contributed by atoms with Crippen LogP contribution in [0.3, 0.4) is 0 Å². The number of ether oxygens (including phenoxy) is 1. The van der Waals surface area contributed by atoms with Crippen molar-refractivity contribution < 1.29 is 17.9 Å². The molecule has 0 amide bonds. The van der Waals surface area contributed by atoms with E-state index < -0.39 is 15.8 Å². The van der Waals surface area contributed by atoms with Gasteiger partial charge in [-0.3, -0.25) is 0 Å². The van der Waals surface area contributed by atoms with Gasteiger partial charge in [0.05, 0.1) is 24.2 Å². The second kappa shape index (κ2) is 6.39. The van der Waals surface area contributed by atoms with Crippen molar-refractivity contribution in [3.8, 4) is 0 Å². The summed E-state index contributed by atoms with van der Waals surface area (Å²) in [6, 6.07) is 6.56. The fourth-order valence-electron chi connectivity index (χ4n) is 2.70. The molecule has 0 heterocycles. The van der Waals surface area contributed by atoms with E-state index in [0.29, 0.717) is 11.5 Å². The minimum atomic E-state index is -3.07. The molecule has 0 aromatic heterocycles. The van der Waals surface area contributed by atoms with Gasteiger partial charge in [0.15, 0.2) is 9.84 Å². The molecular formula is C15H20O4S. The Balaban J connectivity index is 1.99. The van der Waals surface area contributed by atoms with E-state index in [1.54, 1.807) is 24.3 Å². The van der Waals surface area contributed by atoms with Gasteiger partial charge in [-0.25, -0.2) is 13.2 Å². The minimum absolute atomic E-state index is 0.0466. The zero-order chi connectivity index (χ0) is 14.6. The van der Waals surface area contributed by atoms with Crippen LogP contribution >= 0.6 is 0 Å². The molecular weight excluding hydrogens is 276 g/mol. The Morgan fingerprint density at radius 3 is 2.35 bits per heavy atom. The summed E-state index contributed by atoms with van der Waals surface area (Å²) in [5.41, 5.74) is 1.15. The molecule has 4 nitrogen and oxygen atoms in total. The molecule has 1 saturated carbocycles. The first-order chi connectivity index (χ1) is 9.50. The lowest BCUT2D eigenvalue weighted by Crippen LogP contribution is -2.15. The van der Waals surface area contributed by atoms with E-state index >= 15 is 0 Å². The third kappa shape index (κ3) is 4.07. The number of rotatable bonds is 5. The molecule has 1 aliphatic carbocycles. The fourth-order valence-corrected chi connectivity index (χ4v) is 4.57. The summed E-state index contributed by atoms with van der Waals surface area (Å²) >= 11 is 0. The Bertz CT molecular complexity index is 554. The number of sulfone groups is 1. The lowest BCUT2D eigenvalue weighted by atomic mass is 10.1. The molecule has 5 heteroatoms. The number of methoxy groups -OCH3 is 1. The third-order valence-electron chi connectivity index (χ3n) is 3.73. The molecule has 0 atom stereocenters. The van der Waals surface area contributed by atoms with E-state index in [4.69, 9.17) is 0 Å². The van der Waals surface area contributed by atoms with Gasteiger partial charge in [-0.05, 0) is 36.5 Å². The maximum atomic E-state index is 12.1. The SMILES string of the molecule is COC(=O)c1ccc(CS(=O)(=O)CC2CCCC2)cc1. The standard InChI is InChI=1S/C15H20O4S/c1-19-15(16)14-8-6-13(7-9-14)11-20(17,18)10-12-4-2-3-5-12/h6-9,12H,2-5,10-11H2,1H3. The van der Waals surface area contributed by atoms with Crippen molar-refractivity contribution in [2.75, 3.05) is 12.9 Å². The minimum Gasteiger partial charge on any atom is -0.465 e. The van der Waals surface area contributed by atoms with Crippen LogP contribution in [-0.4, -0.2) is 27.2 Å². The Morgan fingerprint density at radius 2 is 1.80 bits per heavy atom. The van der Waals surface area contributed by atoms with Gasteiger partial charge in [0.2, 0.25) is 0 Å². The van der Waals surface area contributed by atoms with Crippen molar-refractivity contribution in [1.29, 1.82) is 0 Å². The Morgan fingerprint density at radius 1 is 1.20 bits per heavy atom. The molecule has 1 aromatic carbocycles. The zero-order valence-corrected chi connectivity index (χ0v) is 12.5. The smallest absolute Gasteiger partial charge is 0.337 e. The summed E-state index contributed by atoms with van der Waals surface area (Å²) in [7, 11) is -1.75. The van der Waals surface area contributed by atoms with E-state index in [2.05, 4.69) is 4.74 Å². The molecule has 0 radical (unpaired) electrons. The number of hydrogen-bond acceptors (Lipinski definition) is 4. The maximum absolute atomic E-state index is 12.1. The summed E-state index contributed by atoms with van der Waals surface area (Å²) in [6.45, 7) is 0. The lowest BCUT2D eigenvalue weighted by Gasteiger charge is -2.10. The monoisotopic (exact) mass is 296 g/mol. The molecule has 1 fully saturated rings. The predicted molar refractivity (Wildman–Crippen MR) is 77.2 cm³/mol. The van der Waals surface area contributed by atoms with E-state index in [1.165, 1.54) is 7.11 Å². The van der Waals surface area contributed by atoms with Crippen molar-refractivity contribution in [2.45, 2.75) is 31.4 Å². The van der Waals surface area contributed by atoms with Gasteiger partial charge in [-0.15, -0.1) is 0 Å². The molecule has 20 heavy (non-hydrogen) atoms. The molecule has 0 unspecified atom stereocenters. The molecule has 0 saturated heterocycles. The highest BCUT2D eigenvalue weighted by atomic mass is 32.2. The largest absolute Gasteiger partial charge is 0.465 e. The number of esters is 1. The molecule has 110 valence electrons. The van der Waals surface area contributed by atoms with Gasteiger partial charge < -0.3 is 4.74 Å². The van der Waals surface area contributed by atoms with Gasteiger partial charge in [0.25, 0.3) is 0 Å². The van der Waals surface area contributed by atoms with Gasteiger partial charge in [0, 0.05) is 0 Å². The van der Waals surface area contributed by atoms with Crippen LogP contribution in [0.25, 0.3) is 0 Å². The van der Waals surface area contributed by atoms with Gasteiger partial charge in [-0.2, -0.15) is 0 Å². The van der Waals surface area contributed by atoms with Gasteiger partial charge in [-0.1, -0.05) is 25.0 Å². The summed E-state index contributed by atoms with van der Waals surface area (Å²) in [4.78, 5) is 11.3. The van der Waals surface area contributed by atoms with Crippen molar-refractivity contribution in [2.24, 2.45) is 5.92 Å². The first-order valence-corrected chi connectivity index (χ1v) is 8.70. The van der Waals surface area contributed by atoms with E-state index in [1.807, 2.05) is 0 Å². The highest BCUT2D eigenvalue weighted by molar-refractivity contribution is 7.90. The Kier molecular flexibility index (Phi) is 4.81. The molecule has 0 spiro atoms. The van der Waals surface area contributed by atoms with Crippen molar-refractivity contribution in [3.05, 3.63) is 35.4 Å². The summed E-state index contributed by atoms with van der Waals surface area (Å²) in [5, 5.41) is 0. The van der Waals surface area contributed by atoms with Gasteiger partial charge in [0.1, 0.15) is 0 Å².